The van der Waals surface area contributed by atoms with E-state index in [2.05, 4.69) is 0 Å². The van der Waals surface area contributed by atoms with Gasteiger partial charge in [-0.3, -0.25) is 9.59 Å². The van der Waals surface area contributed by atoms with E-state index in [4.69, 9.17) is 14.7 Å². The molecular weight excluding hydrogens is 476 g/mol. The van der Waals surface area contributed by atoms with E-state index in [1.807, 2.05) is 91.0 Å². The number of carbonyl (C=O) groups is 1. The summed E-state index contributed by atoms with van der Waals surface area (Å²) in [5, 5.41) is 1.73. The smallest absolute Gasteiger partial charge is 0.297 e. The van der Waals surface area contributed by atoms with Gasteiger partial charge >= 0.3 is 0 Å². The summed E-state index contributed by atoms with van der Waals surface area (Å²) >= 11 is 0. The Morgan fingerprint density at radius 2 is 1.45 bits per heavy atom. The summed E-state index contributed by atoms with van der Waals surface area (Å²) in [6.45, 7) is 0. The molecule has 7 heteroatoms. The molecule has 184 valence electrons. The van der Waals surface area contributed by atoms with E-state index in [9.17, 15) is 9.59 Å². The second-order valence-electron chi connectivity index (χ2n) is 8.66. The van der Waals surface area contributed by atoms with E-state index in [1.165, 1.54) is 9.69 Å². The zero-order valence-electron chi connectivity index (χ0n) is 20.5. The molecule has 0 unspecified atom stereocenters. The monoisotopic (exact) mass is 498 g/mol. The number of para-hydroxylation sites is 1. The van der Waals surface area contributed by atoms with E-state index < -0.39 is 5.91 Å². The fraction of sp³-hybridized carbons (Fsp3) is 0.0323. The number of benzene rings is 4. The quantitative estimate of drug-likeness (QED) is 0.318. The molecule has 2 heterocycles. The van der Waals surface area contributed by atoms with Gasteiger partial charge in [0.15, 0.2) is 11.7 Å². The van der Waals surface area contributed by atoms with Crippen LogP contribution in [-0.4, -0.2) is 28.5 Å². The number of amidine groups is 1. The molecule has 0 atom stereocenters. The lowest BCUT2D eigenvalue weighted by molar-refractivity contribution is -0.115. The molecule has 4 aromatic carbocycles. The predicted octanol–water partition coefficient (Wildman–Crippen LogP) is 5.04. The van der Waals surface area contributed by atoms with Gasteiger partial charge in [-0.15, -0.1) is 0 Å². The first-order valence-corrected chi connectivity index (χ1v) is 12.1. The zero-order valence-corrected chi connectivity index (χ0v) is 20.5. The van der Waals surface area contributed by atoms with Crippen LogP contribution in [0.3, 0.4) is 0 Å². The lowest BCUT2D eigenvalue weighted by Crippen LogP contribution is -2.49. The van der Waals surface area contributed by atoms with Crippen molar-refractivity contribution in [1.29, 1.82) is 0 Å². The Labute approximate surface area is 218 Å². The van der Waals surface area contributed by atoms with Gasteiger partial charge in [0.05, 0.1) is 18.0 Å². The number of ether oxygens (including phenoxy) is 1. The summed E-state index contributed by atoms with van der Waals surface area (Å²) in [4.78, 5) is 37.6. The van der Waals surface area contributed by atoms with Crippen molar-refractivity contribution in [2.45, 2.75) is 0 Å². The summed E-state index contributed by atoms with van der Waals surface area (Å²) in [6.07, 6.45) is 1.69. The molecule has 0 radical (unpaired) electrons. The van der Waals surface area contributed by atoms with Crippen LogP contribution in [0.25, 0.3) is 28.4 Å². The molecule has 0 N–H and O–H groups in total. The molecule has 38 heavy (non-hydrogen) atoms. The van der Waals surface area contributed by atoms with Gasteiger partial charge in [-0.2, -0.15) is 9.69 Å². The van der Waals surface area contributed by atoms with Crippen molar-refractivity contribution in [3.05, 3.63) is 136 Å². The van der Waals surface area contributed by atoms with E-state index in [0.717, 1.165) is 5.56 Å². The van der Waals surface area contributed by atoms with E-state index in [-0.39, 0.29) is 11.3 Å². The number of methoxy groups -OCH3 is 1. The van der Waals surface area contributed by atoms with Gasteiger partial charge in [-0.1, -0.05) is 84.9 Å². The minimum Gasteiger partial charge on any atom is -0.497 e. The minimum absolute atomic E-state index is 0.191. The molecular formula is C31H22N4O3. The van der Waals surface area contributed by atoms with Gasteiger partial charge < -0.3 is 4.74 Å². The topological polar surface area (TPSA) is 76.8 Å². The maximum Gasteiger partial charge on any atom is 0.297 e. The molecule has 1 aliphatic heterocycles. The molecule has 6 rings (SSSR count). The molecule has 1 amide bonds. The largest absolute Gasteiger partial charge is 0.497 e. The summed E-state index contributed by atoms with van der Waals surface area (Å²) in [7, 11) is 1.59. The number of hydrogen-bond donors (Lipinski definition) is 0. The number of carbonyl (C=O) groups excluding carboxylic acids is 1. The number of amides is 1. The maximum atomic E-state index is 14.0. The molecule has 0 saturated carbocycles. The van der Waals surface area contributed by atoms with Gasteiger partial charge in [0, 0.05) is 11.1 Å². The Morgan fingerprint density at radius 1 is 0.763 bits per heavy atom. The second-order valence-corrected chi connectivity index (χ2v) is 8.66. The average Bonchev–Trinajstić information content (AvgIpc) is 3.29. The number of fused-ring (bicyclic) bond motifs is 1. The third-order valence-corrected chi connectivity index (χ3v) is 6.25. The first-order chi connectivity index (χ1) is 18.6. The van der Waals surface area contributed by atoms with Gasteiger partial charge in [-0.25, -0.2) is 9.98 Å². The van der Waals surface area contributed by atoms with Crippen molar-refractivity contribution < 1.29 is 9.53 Å². The molecule has 1 aliphatic rings. The summed E-state index contributed by atoms with van der Waals surface area (Å²) in [5.74, 6) is 0.897. The van der Waals surface area contributed by atoms with Gasteiger partial charge in [0.25, 0.3) is 11.5 Å². The molecule has 0 spiro atoms. The maximum absolute atomic E-state index is 14.0. The van der Waals surface area contributed by atoms with Crippen LogP contribution in [0.5, 0.6) is 5.75 Å². The van der Waals surface area contributed by atoms with Gasteiger partial charge in [-0.05, 0) is 35.9 Å². The van der Waals surface area contributed by atoms with Crippen LogP contribution in [0, 0.1) is 0 Å². The van der Waals surface area contributed by atoms with Crippen molar-refractivity contribution in [1.82, 2.24) is 9.66 Å². The van der Waals surface area contributed by atoms with Crippen molar-refractivity contribution in [3.8, 4) is 17.1 Å². The number of nitrogens with zero attached hydrogens (tertiary/aromatic N) is 4. The zero-order chi connectivity index (χ0) is 26.1. The number of hydrogen-bond acceptors (Lipinski definition) is 5. The molecule has 5 aromatic rings. The molecule has 1 aromatic heterocycles. The predicted molar refractivity (Wildman–Crippen MR) is 149 cm³/mol. The first kappa shape index (κ1) is 23.1. The molecule has 0 fully saturated rings. The third kappa shape index (κ3) is 4.06. The Morgan fingerprint density at radius 3 is 2.18 bits per heavy atom. The molecule has 0 aliphatic carbocycles. The normalized spacial score (nSPS) is 14.2. The van der Waals surface area contributed by atoms with E-state index >= 15 is 0 Å². The number of aliphatic imine (C=N–C) groups is 1. The Kier molecular flexibility index (Phi) is 5.86. The van der Waals surface area contributed by atoms with Crippen LogP contribution in [0.2, 0.25) is 0 Å². The second kappa shape index (κ2) is 9.63. The van der Waals surface area contributed by atoms with E-state index in [0.29, 0.717) is 39.4 Å². The van der Waals surface area contributed by atoms with Crippen molar-refractivity contribution in [3.63, 3.8) is 0 Å². The fourth-order valence-corrected chi connectivity index (χ4v) is 4.44. The molecule has 0 bridgehead atoms. The van der Waals surface area contributed by atoms with E-state index in [1.54, 1.807) is 31.4 Å². The molecule has 7 nitrogen and oxygen atoms in total. The Bertz CT molecular complexity index is 1790. The standard InChI is InChI=1S/C31H22N4O3/c1-38-24-16-10-11-21(19-24)20-27-31(37)35(29(33-27)23-14-6-3-7-15-23)34-28(22-12-4-2-5-13-22)32-26-18-9-8-17-25(26)30(34)36/h2-20H,1H3/b27-20+. The van der Waals surface area contributed by atoms with Crippen molar-refractivity contribution >= 4 is 28.7 Å². The van der Waals surface area contributed by atoms with Crippen LogP contribution >= 0.6 is 0 Å². The summed E-state index contributed by atoms with van der Waals surface area (Å²) in [5.41, 5.74) is 2.50. The van der Waals surface area contributed by atoms with Crippen LogP contribution in [0.1, 0.15) is 11.1 Å². The summed E-state index contributed by atoms with van der Waals surface area (Å²) in [6, 6.07) is 33.1. The summed E-state index contributed by atoms with van der Waals surface area (Å²) < 4.78 is 6.67. The number of rotatable bonds is 5. The minimum atomic E-state index is -0.442. The van der Waals surface area contributed by atoms with Crippen LogP contribution in [0.4, 0.5) is 0 Å². The Hall–Kier alpha value is -5.30. The molecule has 0 saturated heterocycles. The fourth-order valence-electron chi connectivity index (χ4n) is 4.44. The average molecular weight is 499 g/mol. The Balaban J connectivity index is 1.61. The number of aromatic nitrogens is 2. The first-order valence-electron chi connectivity index (χ1n) is 12.1. The van der Waals surface area contributed by atoms with Gasteiger partial charge in [0.1, 0.15) is 11.4 Å². The van der Waals surface area contributed by atoms with Crippen LogP contribution in [0.15, 0.2) is 125 Å². The van der Waals surface area contributed by atoms with Crippen LogP contribution in [-0.2, 0) is 4.79 Å². The highest BCUT2D eigenvalue weighted by Crippen LogP contribution is 2.26. The lowest BCUT2D eigenvalue weighted by Gasteiger charge is -2.23. The van der Waals surface area contributed by atoms with Crippen LogP contribution < -0.4 is 15.3 Å². The van der Waals surface area contributed by atoms with Crippen molar-refractivity contribution in [2.75, 3.05) is 12.1 Å². The highest BCUT2D eigenvalue weighted by Gasteiger charge is 2.35. The highest BCUT2D eigenvalue weighted by molar-refractivity contribution is 6.29. The van der Waals surface area contributed by atoms with Gasteiger partial charge in [0.2, 0.25) is 0 Å². The third-order valence-electron chi connectivity index (χ3n) is 6.25. The SMILES string of the molecule is COc1cccc(/C=C2/N=C(c3ccccc3)N(n3c(-c4ccccc4)nc4ccccc4c3=O)C2=O)c1. The van der Waals surface area contributed by atoms with Crippen molar-refractivity contribution in [2.24, 2.45) is 4.99 Å². The highest BCUT2D eigenvalue weighted by atomic mass is 16.5. The lowest BCUT2D eigenvalue weighted by atomic mass is 10.1.